The van der Waals surface area contributed by atoms with E-state index in [1.54, 1.807) is 35.5 Å². The molecule has 0 rings (SSSR count). The number of unbranched alkanes of at least 4 members (excludes halogenated alkanes) is 20. The molecule has 0 fully saturated rings. The Kier molecular flexibility index (Phi) is 113. The lowest BCUT2D eigenvalue weighted by atomic mass is 9.99. The molecular weight excluding hydrogens is 995 g/mol. The summed E-state index contributed by atoms with van der Waals surface area (Å²) in [5.74, 6) is -0.238. The second kappa shape index (κ2) is 96.2. The molecule has 470 valence electrons. The first-order valence-electron chi connectivity index (χ1n) is 30.7. The second-order valence-electron chi connectivity index (χ2n) is 18.8. The van der Waals surface area contributed by atoms with Crippen molar-refractivity contribution in [2.75, 3.05) is 75.1 Å². The topological polar surface area (TPSA) is 196 Å². The minimum atomic E-state index is -0.255. The minimum absolute atomic E-state index is 0.00935. The molecule has 15 nitrogen and oxygen atoms in total. The highest BCUT2D eigenvalue weighted by molar-refractivity contribution is 5.70. The molecule has 0 radical (unpaired) electrons. The van der Waals surface area contributed by atoms with Crippen LogP contribution in [0.2, 0.25) is 0 Å². The number of likely N-dealkylation sites (N-methyl/N-ethyl adjacent to an activating group) is 1. The normalized spacial score (nSPS) is 10.6. The van der Waals surface area contributed by atoms with Gasteiger partial charge in [0.1, 0.15) is 37.9 Å². The smallest absolute Gasteiger partial charge is 0.306 e. The Labute approximate surface area is 481 Å². The van der Waals surface area contributed by atoms with Crippen molar-refractivity contribution in [2.45, 2.75) is 280 Å². The summed E-state index contributed by atoms with van der Waals surface area (Å²) in [6.45, 7) is 24.1. The predicted octanol–water partition coefficient (Wildman–Crippen LogP) is 15.0. The molecule has 0 aromatic heterocycles. The summed E-state index contributed by atoms with van der Waals surface area (Å²) in [4.78, 5) is 71.1. The van der Waals surface area contributed by atoms with E-state index in [9.17, 15) is 33.6 Å². The van der Waals surface area contributed by atoms with Gasteiger partial charge in [0.25, 0.3) is 12.9 Å². The Morgan fingerprint density at radius 2 is 0.744 bits per heavy atom. The first-order valence-corrected chi connectivity index (χ1v) is 30.7. The van der Waals surface area contributed by atoms with Crippen LogP contribution in [0, 0.1) is 11.8 Å². The van der Waals surface area contributed by atoms with Gasteiger partial charge in [-0.3, -0.25) is 14.4 Å². The molecule has 0 heterocycles. The molecule has 0 spiro atoms. The van der Waals surface area contributed by atoms with Crippen LogP contribution in [-0.4, -0.2) is 131 Å². The molecule has 78 heavy (non-hydrogen) atoms. The van der Waals surface area contributed by atoms with Crippen LogP contribution in [-0.2, 0) is 66.7 Å². The van der Waals surface area contributed by atoms with E-state index in [1.165, 1.54) is 148 Å². The summed E-state index contributed by atoms with van der Waals surface area (Å²) in [7, 11) is 8.70. The third-order valence-electron chi connectivity index (χ3n) is 11.9. The van der Waals surface area contributed by atoms with E-state index in [1.807, 2.05) is 34.6 Å². The summed E-state index contributed by atoms with van der Waals surface area (Å²) in [6.07, 6.45) is 39.1. The van der Waals surface area contributed by atoms with Gasteiger partial charge in [-0.25, -0.2) is 0 Å². The summed E-state index contributed by atoms with van der Waals surface area (Å²) in [6, 6.07) is 0.00935. The van der Waals surface area contributed by atoms with Crippen LogP contribution in [0.5, 0.6) is 0 Å². The van der Waals surface area contributed by atoms with Crippen molar-refractivity contribution in [1.29, 1.82) is 0 Å². The van der Waals surface area contributed by atoms with E-state index in [0.29, 0.717) is 64.9 Å². The third kappa shape index (κ3) is 102. The maximum Gasteiger partial charge on any atom is 0.306 e. The van der Waals surface area contributed by atoms with E-state index in [4.69, 9.17) is 23.7 Å². The number of hydrogen-bond donors (Lipinski definition) is 1. The van der Waals surface area contributed by atoms with Crippen molar-refractivity contribution in [3.63, 3.8) is 0 Å². The van der Waals surface area contributed by atoms with Crippen LogP contribution in [0.25, 0.3) is 0 Å². The highest BCUT2D eigenvalue weighted by Crippen LogP contribution is 2.13. The zero-order valence-corrected chi connectivity index (χ0v) is 53.4. The number of methoxy groups -OCH3 is 4. The van der Waals surface area contributed by atoms with Crippen LogP contribution in [0.15, 0.2) is 0 Å². The van der Waals surface area contributed by atoms with Crippen molar-refractivity contribution in [3.05, 3.63) is 0 Å². The molecule has 0 aromatic rings. The van der Waals surface area contributed by atoms with E-state index >= 15 is 0 Å². The average molecular weight is 1120 g/mol. The molecule has 15 heteroatoms. The standard InChI is InChI=1S/C12H23NO4.C9H18O2.3C9H20O.C7H10O3.C6H12O2.C2H6/c1-4-10(5-6-14)7-12(15)17-9-11(13-2)8-16-3;1-2-3-4-5-6-7-8-11-9-10;3*1-3-4-5-6-7-8-9-10-2;8-4-1-7(2-5-9)3-6-10;1-3-6(4-2)8-5-7;1-2/h6,10-11,13H,4-5,7-9H2,1-3H3;9H,2-8H2,1H3;3*3-9H2,1-2H3;4-7H,1-3H2;5-6H,3-4H2,1-2H3;1-2H3. The van der Waals surface area contributed by atoms with Crippen molar-refractivity contribution in [1.82, 2.24) is 5.32 Å². The van der Waals surface area contributed by atoms with Crippen LogP contribution >= 0.6 is 0 Å². The zero-order chi connectivity index (χ0) is 60.7. The average Bonchev–Trinajstić information content (AvgIpc) is 3.45. The molecule has 0 aromatic carbocycles. The summed E-state index contributed by atoms with van der Waals surface area (Å²) < 4.78 is 34.2. The predicted molar refractivity (Wildman–Crippen MR) is 324 cm³/mol. The summed E-state index contributed by atoms with van der Waals surface area (Å²) in [5, 5.41) is 2.99. The van der Waals surface area contributed by atoms with Crippen molar-refractivity contribution in [3.8, 4) is 0 Å². The fraction of sp³-hybridized carbons (Fsp3) is 0.889. The largest absolute Gasteiger partial charge is 0.468 e. The Hall–Kier alpha value is -3.11. The summed E-state index contributed by atoms with van der Waals surface area (Å²) in [5.41, 5.74) is 0. The lowest BCUT2D eigenvalue weighted by Gasteiger charge is -2.16. The van der Waals surface area contributed by atoms with Gasteiger partial charge in [0.05, 0.1) is 19.3 Å². The maximum absolute atomic E-state index is 11.5. The number of rotatable bonds is 49. The fourth-order valence-electron chi connectivity index (χ4n) is 6.79. The zero-order valence-electron chi connectivity index (χ0n) is 53.4. The molecule has 0 saturated carbocycles. The van der Waals surface area contributed by atoms with Gasteiger partial charge in [0.2, 0.25) is 0 Å². The monoisotopic (exact) mass is 1120 g/mol. The number of carbonyl (C=O) groups excluding carboxylic acids is 7. The van der Waals surface area contributed by atoms with Gasteiger partial charge in [-0.2, -0.15) is 0 Å². The quantitative estimate of drug-likeness (QED) is 0.0261. The van der Waals surface area contributed by atoms with E-state index in [2.05, 4.69) is 42.5 Å². The number of aldehydes is 4. The lowest BCUT2D eigenvalue weighted by Crippen LogP contribution is -2.35. The van der Waals surface area contributed by atoms with Crippen molar-refractivity contribution in [2.24, 2.45) is 11.8 Å². The fourth-order valence-corrected chi connectivity index (χ4v) is 6.79. The van der Waals surface area contributed by atoms with Gasteiger partial charge in [-0.1, -0.05) is 197 Å². The van der Waals surface area contributed by atoms with E-state index < -0.39 is 0 Å². The molecule has 0 saturated heterocycles. The molecular formula is C63H129NO14. The van der Waals surface area contributed by atoms with Crippen molar-refractivity contribution < 1.29 is 66.7 Å². The highest BCUT2D eigenvalue weighted by atomic mass is 16.5. The molecule has 0 aliphatic heterocycles. The first kappa shape index (κ1) is 91.4. The SMILES string of the molecule is CC.CCC(CC)OC=O.CCC(CC=O)CC(=O)OCC(COC)NC.CCCCCCCCOC.CCCCCCCCOC.CCCCCCCCOC.CCCCCCCCOC=O.O=CCC(CC=O)CC=O. The van der Waals surface area contributed by atoms with Crippen LogP contribution < -0.4 is 5.32 Å². The number of carbonyl (C=O) groups is 7. The molecule has 0 amide bonds. The Morgan fingerprint density at radius 3 is 1.00 bits per heavy atom. The summed E-state index contributed by atoms with van der Waals surface area (Å²) >= 11 is 0. The third-order valence-corrected chi connectivity index (χ3v) is 11.9. The Balaban J connectivity index is -0.000000123. The molecule has 0 aliphatic rings. The first-order chi connectivity index (χ1) is 38.0. The van der Waals surface area contributed by atoms with E-state index in [-0.39, 0.29) is 30.0 Å². The van der Waals surface area contributed by atoms with E-state index in [0.717, 1.165) is 70.6 Å². The van der Waals surface area contributed by atoms with Gasteiger partial charge in [0, 0.05) is 80.4 Å². The van der Waals surface area contributed by atoms with Crippen LogP contribution in [0.1, 0.15) is 268 Å². The van der Waals surface area contributed by atoms with Crippen LogP contribution in [0.4, 0.5) is 0 Å². The van der Waals surface area contributed by atoms with Crippen LogP contribution in [0.3, 0.4) is 0 Å². The number of esters is 1. The molecule has 2 unspecified atom stereocenters. The van der Waals surface area contributed by atoms with Gasteiger partial charge in [0.15, 0.2) is 0 Å². The number of nitrogens with one attached hydrogen (secondary N) is 1. The van der Waals surface area contributed by atoms with Crippen molar-refractivity contribution >= 4 is 44.1 Å². The Bertz CT molecular complexity index is 997. The number of ether oxygens (including phenoxy) is 7. The minimum Gasteiger partial charge on any atom is -0.468 e. The van der Waals surface area contributed by atoms with Gasteiger partial charge in [-0.15, -0.1) is 0 Å². The molecule has 1 N–H and O–H groups in total. The molecule has 2 atom stereocenters. The van der Waals surface area contributed by atoms with Gasteiger partial charge in [-0.05, 0) is 57.4 Å². The number of hydrogen-bond acceptors (Lipinski definition) is 15. The van der Waals surface area contributed by atoms with Gasteiger partial charge < -0.3 is 57.7 Å². The molecule has 0 aliphatic carbocycles. The maximum atomic E-state index is 11.5. The molecule has 0 bridgehead atoms. The lowest BCUT2D eigenvalue weighted by molar-refractivity contribution is -0.146. The second-order valence-corrected chi connectivity index (χ2v) is 18.8. The van der Waals surface area contributed by atoms with Gasteiger partial charge >= 0.3 is 5.97 Å². The highest BCUT2D eigenvalue weighted by Gasteiger charge is 2.15. The Morgan fingerprint density at radius 1 is 0.410 bits per heavy atom.